The highest BCUT2D eigenvalue weighted by molar-refractivity contribution is 6.00. The molecule has 0 bridgehead atoms. The molecule has 2 heterocycles. The molecule has 2 aromatic heterocycles. The van der Waals surface area contributed by atoms with Crippen LogP contribution in [-0.4, -0.2) is 20.0 Å². The Morgan fingerprint density at radius 1 is 1.24 bits per heavy atom. The maximum absolute atomic E-state index is 12.6. The molecule has 1 amide bonds. The summed E-state index contributed by atoms with van der Waals surface area (Å²) in [4.78, 5) is 40.4. The lowest BCUT2D eigenvalue weighted by Crippen LogP contribution is -2.40. The van der Waals surface area contributed by atoms with Crippen molar-refractivity contribution in [1.29, 1.82) is 0 Å². The van der Waals surface area contributed by atoms with Crippen molar-refractivity contribution in [2.24, 2.45) is 0 Å². The van der Waals surface area contributed by atoms with Crippen molar-refractivity contribution in [1.82, 2.24) is 14.1 Å². The van der Waals surface area contributed by atoms with E-state index in [4.69, 9.17) is 0 Å². The lowest BCUT2D eigenvalue weighted by Gasteiger charge is -2.15. The highest BCUT2D eigenvalue weighted by Gasteiger charge is 2.17. The number of hydrogen-bond acceptors (Lipinski definition) is 4. The summed E-state index contributed by atoms with van der Waals surface area (Å²) in [6.07, 6.45) is 1.55. The van der Waals surface area contributed by atoms with Gasteiger partial charge in [-0.05, 0) is 26.3 Å². The van der Waals surface area contributed by atoms with Crippen molar-refractivity contribution >= 4 is 22.6 Å². The monoisotopic (exact) mass is 290 g/mol. The maximum Gasteiger partial charge on any atom is 0.332 e. The third-order valence-corrected chi connectivity index (χ3v) is 3.36. The van der Waals surface area contributed by atoms with E-state index in [0.29, 0.717) is 23.4 Å². The van der Waals surface area contributed by atoms with Crippen LogP contribution >= 0.6 is 0 Å². The van der Waals surface area contributed by atoms with Crippen molar-refractivity contribution in [3.8, 4) is 0 Å². The second-order valence-corrected chi connectivity index (χ2v) is 4.77. The average Bonchev–Trinajstić information content (AvgIpc) is 2.42. The zero-order chi connectivity index (χ0) is 15.7. The van der Waals surface area contributed by atoms with Gasteiger partial charge in [-0.2, -0.15) is 0 Å². The van der Waals surface area contributed by atoms with E-state index < -0.39 is 5.56 Å². The molecule has 0 aliphatic heterocycles. The number of rotatable bonds is 3. The fourth-order valence-electron chi connectivity index (χ4n) is 2.36. The minimum Gasteiger partial charge on any atom is -0.325 e. The van der Waals surface area contributed by atoms with Crippen LogP contribution in [0.4, 0.5) is 5.69 Å². The van der Waals surface area contributed by atoms with Crippen LogP contribution in [0.3, 0.4) is 0 Å². The van der Waals surface area contributed by atoms with Crippen LogP contribution in [-0.2, 0) is 17.9 Å². The van der Waals surface area contributed by atoms with Crippen LogP contribution in [0, 0.1) is 6.92 Å². The Hall–Kier alpha value is -2.44. The van der Waals surface area contributed by atoms with Crippen LogP contribution in [0.1, 0.15) is 26.3 Å². The number of carbonyl (C=O) groups excluding carboxylic acids is 1. The SMILES string of the molecule is CCn1c(=O)c2c(NC(C)=O)c(C)cnc2n(CC)c1=O. The number of hydrogen-bond donors (Lipinski definition) is 1. The quantitative estimate of drug-likeness (QED) is 0.908. The largest absolute Gasteiger partial charge is 0.332 e. The van der Waals surface area contributed by atoms with Crippen molar-refractivity contribution < 1.29 is 4.79 Å². The summed E-state index contributed by atoms with van der Waals surface area (Å²) in [5, 5.41) is 2.94. The van der Waals surface area contributed by atoms with Gasteiger partial charge in [0, 0.05) is 26.2 Å². The summed E-state index contributed by atoms with van der Waals surface area (Å²) in [7, 11) is 0. The molecule has 1 N–H and O–H groups in total. The first kappa shape index (κ1) is 15.0. The molecule has 0 aliphatic carbocycles. The molecule has 0 aliphatic rings. The zero-order valence-electron chi connectivity index (χ0n) is 12.6. The van der Waals surface area contributed by atoms with Gasteiger partial charge >= 0.3 is 5.69 Å². The minimum absolute atomic E-state index is 0.265. The van der Waals surface area contributed by atoms with E-state index in [2.05, 4.69) is 10.3 Å². The molecule has 2 rings (SSSR count). The molecule has 0 unspecified atom stereocenters. The van der Waals surface area contributed by atoms with E-state index in [1.807, 2.05) is 6.92 Å². The average molecular weight is 290 g/mol. The number of nitrogens with one attached hydrogen (secondary N) is 1. The Kier molecular flexibility index (Phi) is 3.93. The fourth-order valence-corrected chi connectivity index (χ4v) is 2.36. The Bertz CT molecular complexity index is 833. The predicted molar refractivity (Wildman–Crippen MR) is 80.7 cm³/mol. The lowest BCUT2D eigenvalue weighted by atomic mass is 10.2. The molecule has 0 saturated carbocycles. The van der Waals surface area contributed by atoms with Gasteiger partial charge in [0.25, 0.3) is 5.56 Å². The summed E-state index contributed by atoms with van der Waals surface area (Å²) in [5.74, 6) is -0.276. The van der Waals surface area contributed by atoms with Gasteiger partial charge in [-0.15, -0.1) is 0 Å². The van der Waals surface area contributed by atoms with E-state index >= 15 is 0 Å². The van der Waals surface area contributed by atoms with Crippen molar-refractivity contribution in [3.63, 3.8) is 0 Å². The first-order valence-electron chi connectivity index (χ1n) is 6.82. The highest BCUT2D eigenvalue weighted by Crippen LogP contribution is 2.21. The van der Waals surface area contributed by atoms with Gasteiger partial charge < -0.3 is 5.32 Å². The van der Waals surface area contributed by atoms with Gasteiger partial charge in [-0.3, -0.25) is 18.7 Å². The molecule has 7 nitrogen and oxygen atoms in total. The number of anilines is 1. The van der Waals surface area contributed by atoms with Gasteiger partial charge in [0.2, 0.25) is 5.91 Å². The third-order valence-electron chi connectivity index (χ3n) is 3.36. The van der Waals surface area contributed by atoms with Gasteiger partial charge in [0.1, 0.15) is 5.39 Å². The van der Waals surface area contributed by atoms with E-state index in [9.17, 15) is 14.4 Å². The molecule has 2 aromatic rings. The third kappa shape index (κ3) is 2.35. The molecule has 7 heteroatoms. The molecule has 112 valence electrons. The standard InChI is InChI=1S/C14H18N4O3/c1-5-17-12-10(13(20)18(6-2)14(17)21)11(16-9(4)19)8(3)7-15-12/h7H,5-6H2,1-4H3,(H,15,16,19). The molecule has 0 spiro atoms. The van der Waals surface area contributed by atoms with Crippen molar-refractivity contribution in [2.45, 2.75) is 40.8 Å². The Labute approximate surface area is 121 Å². The molecular formula is C14H18N4O3. The summed E-state index contributed by atoms with van der Waals surface area (Å²) in [5.41, 5.74) is 0.581. The van der Waals surface area contributed by atoms with Gasteiger partial charge in [-0.1, -0.05) is 0 Å². The van der Waals surface area contributed by atoms with Crippen LogP contribution in [0.5, 0.6) is 0 Å². The van der Waals surface area contributed by atoms with Crippen LogP contribution in [0.15, 0.2) is 15.8 Å². The summed E-state index contributed by atoms with van der Waals surface area (Å²) >= 11 is 0. The van der Waals surface area contributed by atoms with Crippen LogP contribution in [0.2, 0.25) is 0 Å². The number of pyridine rings is 1. The van der Waals surface area contributed by atoms with Crippen molar-refractivity contribution in [3.05, 3.63) is 32.6 Å². The molecule has 0 saturated heterocycles. The number of aryl methyl sites for hydroxylation is 2. The second-order valence-electron chi connectivity index (χ2n) is 4.77. The lowest BCUT2D eigenvalue weighted by molar-refractivity contribution is -0.114. The summed E-state index contributed by atoms with van der Waals surface area (Å²) in [6, 6.07) is 0. The Morgan fingerprint density at radius 3 is 2.38 bits per heavy atom. The Morgan fingerprint density at radius 2 is 1.86 bits per heavy atom. The topological polar surface area (TPSA) is 86.0 Å². The van der Waals surface area contributed by atoms with Crippen molar-refractivity contribution in [2.75, 3.05) is 5.32 Å². The van der Waals surface area contributed by atoms with E-state index in [1.54, 1.807) is 20.0 Å². The summed E-state index contributed by atoms with van der Waals surface area (Å²) < 4.78 is 2.59. The number of carbonyl (C=O) groups is 1. The van der Waals surface area contributed by atoms with E-state index in [-0.39, 0.29) is 23.5 Å². The molecule has 0 fully saturated rings. The number of amides is 1. The Balaban J connectivity index is 3.06. The van der Waals surface area contributed by atoms with Gasteiger partial charge in [-0.25, -0.2) is 9.78 Å². The first-order valence-corrected chi connectivity index (χ1v) is 6.82. The zero-order valence-corrected chi connectivity index (χ0v) is 12.6. The van der Waals surface area contributed by atoms with Crippen LogP contribution < -0.4 is 16.6 Å². The number of fused-ring (bicyclic) bond motifs is 1. The maximum atomic E-state index is 12.6. The normalized spacial score (nSPS) is 10.9. The smallest absolute Gasteiger partial charge is 0.325 e. The molecule has 21 heavy (non-hydrogen) atoms. The number of aromatic nitrogens is 3. The number of nitrogens with zero attached hydrogens (tertiary/aromatic N) is 3. The first-order chi connectivity index (χ1) is 9.92. The highest BCUT2D eigenvalue weighted by atomic mass is 16.2. The molecular weight excluding hydrogens is 272 g/mol. The minimum atomic E-state index is -0.429. The van der Waals surface area contributed by atoms with Gasteiger partial charge in [0.15, 0.2) is 5.65 Å². The van der Waals surface area contributed by atoms with E-state index in [1.165, 1.54) is 11.5 Å². The fraction of sp³-hybridized carbons (Fsp3) is 0.429. The van der Waals surface area contributed by atoms with Crippen LogP contribution in [0.25, 0.3) is 11.0 Å². The predicted octanol–water partition coefficient (Wildman–Crippen LogP) is 0.865. The van der Waals surface area contributed by atoms with Gasteiger partial charge in [0.05, 0.1) is 5.69 Å². The second kappa shape index (κ2) is 5.51. The molecule has 0 radical (unpaired) electrons. The summed E-state index contributed by atoms with van der Waals surface area (Å²) in [6.45, 7) is 7.34. The molecule has 0 aromatic carbocycles. The molecule has 0 atom stereocenters. The van der Waals surface area contributed by atoms with E-state index in [0.717, 1.165) is 4.57 Å².